The van der Waals surface area contributed by atoms with Gasteiger partial charge in [0.2, 0.25) is 0 Å². The minimum absolute atomic E-state index is 0.0454. The van der Waals surface area contributed by atoms with Gasteiger partial charge in [-0.3, -0.25) is 14.7 Å². The molecular weight excluding hydrogens is 412 g/mol. The maximum Gasteiger partial charge on any atom is 0.257 e. The molecule has 33 heavy (non-hydrogen) atoms. The van der Waals surface area contributed by atoms with Crippen LogP contribution in [-0.2, 0) is 0 Å². The summed E-state index contributed by atoms with van der Waals surface area (Å²) < 4.78 is 5.93. The summed E-state index contributed by atoms with van der Waals surface area (Å²) in [6.45, 7) is 4.39. The lowest BCUT2D eigenvalue weighted by Gasteiger charge is -2.38. The van der Waals surface area contributed by atoms with Crippen LogP contribution in [0, 0.1) is 0 Å². The number of rotatable bonds is 6. The molecule has 2 aliphatic rings. The first-order valence-corrected chi connectivity index (χ1v) is 11.6. The zero-order valence-corrected chi connectivity index (χ0v) is 19.3. The molecule has 1 aliphatic heterocycles. The molecule has 5 rings (SSSR count). The fourth-order valence-corrected chi connectivity index (χ4v) is 4.87. The Bertz CT molecular complexity index is 1090. The molecule has 3 aromatic rings. The van der Waals surface area contributed by atoms with Crippen molar-refractivity contribution >= 4 is 5.91 Å². The molecule has 1 atom stereocenters. The van der Waals surface area contributed by atoms with Crippen LogP contribution < -0.4 is 4.74 Å². The van der Waals surface area contributed by atoms with Crippen molar-refractivity contribution in [1.82, 2.24) is 19.7 Å². The van der Waals surface area contributed by atoms with Crippen molar-refractivity contribution in [1.29, 1.82) is 0 Å². The molecule has 0 saturated carbocycles. The van der Waals surface area contributed by atoms with Crippen LogP contribution in [0.2, 0.25) is 0 Å². The average Bonchev–Trinajstić information content (AvgIpc) is 3.18. The number of amides is 1. The zero-order chi connectivity index (χ0) is 22.8. The fraction of sp³-hybridized carbons (Fsp3) is 0.333. The Hall–Kier alpha value is -3.22. The van der Waals surface area contributed by atoms with E-state index in [-0.39, 0.29) is 11.9 Å². The van der Waals surface area contributed by atoms with Crippen LogP contribution in [0.5, 0.6) is 5.75 Å². The summed E-state index contributed by atoms with van der Waals surface area (Å²) in [5.41, 5.74) is 5.80. The maximum atomic E-state index is 13.3. The van der Waals surface area contributed by atoms with E-state index in [0.717, 1.165) is 19.6 Å². The molecule has 0 spiro atoms. The summed E-state index contributed by atoms with van der Waals surface area (Å²) in [6.07, 6.45) is 3.87. The van der Waals surface area contributed by atoms with Gasteiger partial charge < -0.3 is 14.5 Å². The summed E-state index contributed by atoms with van der Waals surface area (Å²) in [4.78, 5) is 24.3. The molecule has 1 amide bonds. The molecule has 2 heterocycles. The normalized spacial score (nSPS) is 17.7. The molecule has 170 valence electrons. The number of likely N-dealkylation sites (N-methyl/N-ethyl adjacent to an activating group) is 1. The van der Waals surface area contributed by atoms with E-state index >= 15 is 0 Å². The summed E-state index contributed by atoms with van der Waals surface area (Å²) in [5, 5.41) is 0. The summed E-state index contributed by atoms with van der Waals surface area (Å²) in [7, 11) is 4.02. The summed E-state index contributed by atoms with van der Waals surface area (Å²) >= 11 is 0. The second kappa shape index (κ2) is 9.33. The Balaban J connectivity index is 1.29. The van der Waals surface area contributed by atoms with Crippen LogP contribution in [0.4, 0.5) is 0 Å². The third kappa shape index (κ3) is 4.24. The van der Waals surface area contributed by atoms with E-state index in [4.69, 9.17) is 4.74 Å². The number of fused-ring (bicyclic) bond motifs is 3. The van der Waals surface area contributed by atoms with Gasteiger partial charge in [0.1, 0.15) is 12.4 Å². The third-order valence-corrected chi connectivity index (χ3v) is 6.57. The molecular formula is C27H30N4O2. The standard InChI is InChI=1S/C27H30N4O2/c1-29(2)17-18-33-25-10-6-5-9-23(25)27(32)31-15-13-30(14-16-31)26-22-8-4-3-7-20(22)21-11-12-28-19-24(21)26/h3-12,19,26H,13-18H2,1-2H3. The van der Waals surface area contributed by atoms with Gasteiger partial charge in [0.05, 0.1) is 11.6 Å². The number of ether oxygens (including phenoxy) is 1. The molecule has 2 aromatic carbocycles. The monoisotopic (exact) mass is 442 g/mol. The molecule has 1 fully saturated rings. The number of aromatic nitrogens is 1. The van der Waals surface area contributed by atoms with Crippen molar-refractivity contribution in [3.8, 4) is 16.9 Å². The Labute approximate surface area is 195 Å². The van der Waals surface area contributed by atoms with Crippen molar-refractivity contribution in [2.24, 2.45) is 0 Å². The van der Waals surface area contributed by atoms with Gasteiger partial charge >= 0.3 is 0 Å². The number of benzene rings is 2. The van der Waals surface area contributed by atoms with Crippen molar-refractivity contribution in [3.63, 3.8) is 0 Å². The van der Waals surface area contributed by atoms with Crippen molar-refractivity contribution in [2.45, 2.75) is 6.04 Å². The number of nitrogens with zero attached hydrogens (tertiary/aromatic N) is 4. The molecule has 6 heteroatoms. The topological polar surface area (TPSA) is 48.9 Å². The Morgan fingerprint density at radius 1 is 0.970 bits per heavy atom. The summed E-state index contributed by atoms with van der Waals surface area (Å²) in [6, 6.07) is 18.5. The van der Waals surface area contributed by atoms with E-state index in [1.807, 2.05) is 55.7 Å². The lowest BCUT2D eigenvalue weighted by atomic mass is 10.0. The van der Waals surface area contributed by atoms with Crippen molar-refractivity contribution in [2.75, 3.05) is 53.4 Å². The van der Waals surface area contributed by atoms with E-state index in [0.29, 0.717) is 31.0 Å². The molecule has 6 nitrogen and oxygen atoms in total. The molecule has 0 radical (unpaired) electrons. The molecule has 0 N–H and O–H groups in total. The first kappa shape index (κ1) is 21.6. The predicted molar refractivity (Wildman–Crippen MR) is 129 cm³/mol. The SMILES string of the molecule is CN(C)CCOc1ccccc1C(=O)N1CCN(C2c3ccccc3-c3ccncc32)CC1. The third-order valence-electron chi connectivity index (χ3n) is 6.57. The van der Waals surface area contributed by atoms with Gasteiger partial charge in [-0.1, -0.05) is 36.4 Å². The van der Waals surface area contributed by atoms with Crippen LogP contribution >= 0.6 is 0 Å². The van der Waals surface area contributed by atoms with E-state index < -0.39 is 0 Å². The van der Waals surface area contributed by atoms with Gasteiger partial charge in [0.15, 0.2) is 0 Å². The quantitative estimate of drug-likeness (QED) is 0.584. The van der Waals surface area contributed by atoms with Crippen LogP contribution in [0.15, 0.2) is 67.0 Å². The highest BCUT2D eigenvalue weighted by Gasteiger charge is 2.35. The van der Waals surface area contributed by atoms with E-state index in [2.05, 4.69) is 45.1 Å². The van der Waals surface area contributed by atoms with E-state index in [1.54, 1.807) is 0 Å². The van der Waals surface area contributed by atoms with Gasteiger partial charge in [-0.25, -0.2) is 0 Å². The van der Waals surface area contributed by atoms with Gasteiger partial charge in [0.25, 0.3) is 5.91 Å². The first-order chi connectivity index (χ1) is 16.1. The number of carbonyl (C=O) groups excluding carboxylic acids is 1. The number of para-hydroxylation sites is 1. The molecule has 1 aromatic heterocycles. The fourth-order valence-electron chi connectivity index (χ4n) is 4.87. The zero-order valence-electron chi connectivity index (χ0n) is 19.3. The van der Waals surface area contributed by atoms with Crippen LogP contribution in [0.3, 0.4) is 0 Å². The molecule has 1 aliphatic carbocycles. The second-order valence-electron chi connectivity index (χ2n) is 8.93. The van der Waals surface area contributed by atoms with Crippen LogP contribution in [-0.4, -0.2) is 79.0 Å². The van der Waals surface area contributed by atoms with E-state index in [1.165, 1.54) is 22.3 Å². The Morgan fingerprint density at radius 3 is 2.52 bits per heavy atom. The van der Waals surface area contributed by atoms with Gasteiger partial charge in [0, 0.05) is 45.1 Å². The van der Waals surface area contributed by atoms with Gasteiger partial charge in [-0.2, -0.15) is 0 Å². The van der Waals surface area contributed by atoms with Gasteiger partial charge in [-0.05, 0) is 54.5 Å². The maximum absolute atomic E-state index is 13.3. The lowest BCUT2D eigenvalue weighted by Crippen LogP contribution is -2.49. The van der Waals surface area contributed by atoms with E-state index in [9.17, 15) is 4.79 Å². The van der Waals surface area contributed by atoms with Crippen molar-refractivity contribution < 1.29 is 9.53 Å². The summed E-state index contributed by atoms with van der Waals surface area (Å²) in [5.74, 6) is 0.709. The van der Waals surface area contributed by atoms with Gasteiger partial charge in [-0.15, -0.1) is 0 Å². The molecule has 1 saturated heterocycles. The highest BCUT2D eigenvalue weighted by Crippen LogP contribution is 2.46. The lowest BCUT2D eigenvalue weighted by molar-refractivity contribution is 0.0595. The highest BCUT2D eigenvalue weighted by atomic mass is 16.5. The second-order valence-corrected chi connectivity index (χ2v) is 8.93. The minimum Gasteiger partial charge on any atom is -0.491 e. The smallest absolute Gasteiger partial charge is 0.257 e. The minimum atomic E-state index is 0.0454. The number of carbonyl (C=O) groups is 1. The first-order valence-electron chi connectivity index (χ1n) is 11.6. The predicted octanol–water partition coefficient (Wildman–Crippen LogP) is 3.55. The average molecular weight is 443 g/mol. The molecule has 0 bridgehead atoms. The molecule has 1 unspecified atom stereocenters. The Morgan fingerprint density at radius 2 is 1.70 bits per heavy atom. The number of hydrogen-bond acceptors (Lipinski definition) is 5. The van der Waals surface area contributed by atoms with Crippen LogP contribution in [0.1, 0.15) is 27.5 Å². The van der Waals surface area contributed by atoms with Crippen molar-refractivity contribution in [3.05, 3.63) is 83.7 Å². The number of hydrogen-bond donors (Lipinski definition) is 0. The number of pyridine rings is 1. The largest absolute Gasteiger partial charge is 0.491 e. The Kier molecular flexibility index (Phi) is 6.11. The number of piperazine rings is 1. The highest BCUT2D eigenvalue weighted by molar-refractivity contribution is 5.97. The van der Waals surface area contributed by atoms with Crippen LogP contribution in [0.25, 0.3) is 11.1 Å².